The number of sulfonamides is 1. The molecule has 0 spiro atoms. The Hall–Kier alpha value is -2.91. The Morgan fingerprint density at radius 2 is 1.66 bits per heavy atom. The van der Waals surface area contributed by atoms with Crippen molar-refractivity contribution in [1.29, 1.82) is 0 Å². The van der Waals surface area contributed by atoms with Gasteiger partial charge in [-0.2, -0.15) is 0 Å². The number of benzene rings is 3. The lowest BCUT2D eigenvalue weighted by Gasteiger charge is -2.28. The molecule has 3 aromatic carbocycles. The third-order valence-electron chi connectivity index (χ3n) is 4.62. The van der Waals surface area contributed by atoms with Gasteiger partial charge in [-0.15, -0.1) is 11.8 Å². The number of carbonyl (C=O) groups is 1. The summed E-state index contributed by atoms with van der Waals surface area (Å²) in [6.45, 7) is 1.38. The average molecular weight is 477 g/mol. The van der Waals surface area contributed by atoms with E-state index in [1.807, 2.05) is 42.5 Å². The lowest BCUT2D eigenvalue weighted by atomic mass is 10.2. The number of rotatable bonds is 8. The Balaban J connectivity index is 1.69. The van der Waals surface area contributed by atoms with E-state index in [1.54, 1.807) is 23.9 Å². The van der Waals surface area contributed by atoms with E-state index in [0.717, 1.165) is 45.0 Å². The summed E-state index contributed by atoms with van der Waals surface area (Å²) < 4.78 is 52.2. The average Bonchev–Trinajstić information content (AvgIpc) is 2.75. The Morgan fingerprint density at radius 1 is 1.00 bits per heavy atom. The first kappa shape index (κ1) is 23.7. The Morgan fingerprint density at radius 3 is 2.25 bits per heavy atom. The minimum absolute atomic E-state index is 0.137. The molecule has 0 saturated heterocycles. The summed E-state index contributed by atoms with van der Waals surface area (Å²) in [4.78, 5) is 13.9. The van der Waals surface area contributed by atoms with Crippen LogP contribution in [0.15, 0.2) is 77.7 Å². The quantitative estimate of drug-likeness (QED) is 0.462. The second-order valence-corrected chi connectivity index (χ2v) is 10.0. The molecular weight excluding hydrogens is 454 g/mol. The van der Waals surface area contributed by atoms with Gasteiger partial charge in [-0.25, -0.2) is 17.2 Å². The van der Waals surface area contributed by atoms with Crippen LogP contribution in [0.4, 0.5) is 20.2 Å². The predicted molar refractivity (Wildman–Crippen MR) is 124 cm³/mol. The topological polar surface area (TPSA) is 66.5 Å². The van der Waals surface area contributed by atoms with Gasteiger partial charge >= 0.3 is 0 Å². The zero-order valence-corrected chi connectivity index (χ0v) is 19.1. The molecule has 0 aromatic heterocycles. The molecule has 1 atom stereocenters. The fraction of sp³-hybridized carbons (Fsp3) is 0.174. The first-order valence-electron chi connectivity index (χ1n) is 9.67. The van der Waals surface area contributed by atoms with Crippen molar-refractivity contribution in [2.75, 3.05) is 15.9 Å². The zero-order valence-electron chi connectivity index (χ0n) is 17.5. The third-order valence-corrected chi connectivity index (χ3v) is 6.94. The van der Waals surface area contributed by atoms with Gasteiger partial charge < -0.3 is 5.32 Å². The van der Waals surface area contributed by atoms with Crippen molar-refractivity contribution < 1.29 is 22.0 Å². The summed E-state index contributed by atoms with van der Waals surface area (Å²) >= 11 is 1.69. The lowest BCUT2D eigenvalue weighted by molar-refractivity contribution is -0.116. The largest absolute Gasteiger partial charge is 0.324 e. The van der Waals surface area contributed by atoms with Gasteiger partial charge in [-0.3, -0.25) is 9.10 Å². The first-order valence-corrected chi connectivity index (χ1v) is 12.5. The molecule has 0 bridgehead atoms. The highest BCUT2D eigenvalue weighted by atomic mass is 32.2. The molecule has 3 rings (SSSR count). The van der Waals surface area contributed by atoms with Crippen LogP contribution in [-0.2, 0) is 20.6 Å². The number of thioether (sulfide) groups is 1. The van der Waals surface area contributed by atoms with E-state index < -0.39 is 33.6 Å². The van der Waals surface area contributed by atoms with Gasteiger partial charge in [0.15, 0.2) is 11.6 Å². The van der Waals surface area contributed by atoms with Gasteiger partial charge in [0.25, 0.3) is 0 Å². The van der Waals surface area contributed by atoms with Crippen molar-refractivity contribution in [1.82, 2.24) is 0 Å². The van der Waals surface area contributed by atoms with E-state index in [9.17, 15) is 22.0 Å². The van der Waals surface area contributed by atoms with Crippen LogP contribution in [0.1, 0.15) is 12.5 Å². The van der Waals surface area contributed by atoms with Gasteiger partial charge in [-0.05, 0) is 48.9 Å². The van der Waals surface area contributed by atoms with Crippen LogP contribution < -0.4 is 9.62 Å². The molecule has 0 radical (unpaired) electrons. The number of hydrogen-bond donors (Lipinski definition) is 1. The summed E-state index contributed by atoms with van der Waals surface area (Å²) in [6.07, 6.45) is 0.900. The molecule has 9 heteroatoms. The van der Waals surface area contributed by atoms with Crippen LogP contribution in [0.25, 0.3) is 0 Å². The van der Waals surface area contributed by atoms with E-state index in [1.165, 1.54) is 6.92 Å². The number of amides is 1. The lowest BCUT2D eigenvalue weighted by Crippen LogP contribution is -2.45. The number of anilines is 2. The summed E-state index contributed by atoms with van der Waals surface area (Å²) in [7, 11) is -3.94. The molecule has 5 nitrogen and oxygen atoms in total. The van der Waals surface area contributed by atoms with E-state index in [4.69, 9.17) is 0 Å². The Kier molecular flexibility index (Phi) is 7.52. The van der Waals surface area contributed by atoms with Crippen molar-refractivity contribution in [2.24, 2.45) is 0 Å². The van der Waals surface area contributed by atoms with Crippen molar-refractivity contribution in [3.63, 3.8) is 0 Å². The standard InChI is InChI=1S/C23H22F2N2O3S2/c1-16(27(32(2,29)30)19-12-13-21(24)22(25)14-19)23(28)26-18-10-8-17(9-11-18)15-31-20-6-4-3-5-7-20/h3-14,16H,15H2,1-2H3,(H,26,28). The van der Waals surface area contributed by atoms with Gasteiger partial charge in [0, 0.05) is 22.4 Å². The normalized spacial score (nSPS) is 12.2. The van der Waals surface area contributed by atoms with Gasteiger partial charge in [0.05, 0.1) is 11.9 Å². The minimum Gasteiger partial charge on any atom is -0.324 e. The first-order chi connectivity index (χ1) is 15.1. The molecule has 3 aromatic rings. The zero-order chi connectivity index (χ0) is 23.3. The second-order valence-electron chi connectivity index (χ2n) is 7.12. The highest BCUT2D eigenvalue weighted by Gasteiger charge is 2.29. The number of nitrogens with zero attached hydrogens (tertiary/aromatic N) is 1. The molecule has 1 amide bonds. The number of nitrogens with one attached hydrogen (secondary N) is 1. The van der Waals surface area contributed by atoms with E-state index >= 15 is 0 Å². The van der Waals surface area contributed by atoms with Crippen LogP contribution in [0, 0.1) is 11.6 Å². The highest BCUT2D eigenvalue weighted by molar-refractivity contribution is 7.98. The fourth-order valence-corrected chi connectivity index (χ4v) is 5.09. The van der Waals surface area contributed by atoms with Gasteiger partial charge in [0.1, 0.15) is 6.04 Å². The maximum absolute atomic E-state index is 13.6. The van der Waals surface area contributed by atoms with Gasteiger partial charge in [-0.1, -0.05) is 30.3 Å². The van der Waals surface area contributed by atoms with Crippen molar-refractivity contribution in [2.45, 2.75) is 23.6 Å². The molecule has 0 aliphatic carbocycles. The predicted octanol–water partition coefficient (Wildman–Crippen LogP) is 5.05. The van der Waals surface area contributed by atoms with Crippen LogP contribution in [0.5, 0.6) is 0 Å². The van der Waals surface area contributed by atoms with Crippen LogP contribution in [0.3, 0.4) is 0 Å². The van der Waals surface area contributed by atoms with E-state index in [0.29, 0.717) is 5.69 Å². The molecule has 0 aliphatic heterocycles. The molecule has 1 N–H and O–H groups in total. The van der Waals surface area contributed by atoms with Crippen molar-refractivity contribution in [3.05, 3.63) is 90.0 Å². The maximum Gasteiger partial charge on any atom is 0.247 e. The maximum atomic E-state index is 13.6. The fourth-order valence-electron chi connectivity index (χ4n) is 3.05. The monoisotopic (exact) mass is 476 g/mol. The van der Waals surface area contributed by atoms with E-state index in [2.05, 4.69) is 5.32 Å². The number of carbonyl (C=O) groups excluding carboxylic acids is 1. The summed E-state index contributed by atoms with van der Waals surface area (Å²) in [5.74, 6) is -2.16. The third kappa shape index (κ3) is 6.08. The minimum atomic E-state index is -3.94. The van der Waals surface area contributed by atoms with Crippen LogP contribution in [-0.4, -0.2) is 26.6 Å². The van der Waals surface area contributed by atoms with Crippen molar-refractivity contribution in [3.8, 4) is 0 Å². The SMILES string of the molecule is CC(C(=O)Nc1ccc(CSc2ccccc2)cc1)N(c1ccc(F)c(F)c1)S(C)(=O)=O. The molecule has 0 heterocycles. The molecule has 0 aliphatic rings. The molecule has 1 unspecified atom stereocenters. The molecule has 32 heavy (non-hydrogen) atoms. The number of hydrogen-bond acceptors (Lipinski definition) is 4. The summed E-state index contributed by atoms with van der Waals surface area (Å²) in [5.41, 5.74) is 1.42. The van der Waals surface area contributed by atoms with Gasteiger partial charge in [0.2, 0.25) is 15.9 Å². The van der Waals surface area contributed by atoms with Crippen LogP contribution >= 0.6 is 11.8 Å². The second kappa shape index (κ2) is 10.1. The molecule has 168 valence electrons. The Bertz CT molecular complexity index is 1190. The highest BCUT2D eigenvalue weighted by Crippen LogP contribution is 2.25. The van der Waals surface area contributed by atoms with Crippen LogP contribution in [0.2, 0.25) is 0 Å². The van der Waals surface area contributed by atoms with E-state index in [-0.39, 0.29) is 5.69 Å². The summed E-state index contributed by atoms with van der Waals surface area (Å²) in [6, 6.07) is 18.7. The molecule has 0 fully saturated rings. The summed E-state index contributed by atoms with van der Waals surface area (Å²) in [5, 5.41) is 2.67. The van der Waals surface area contributed by atoms with Crippen molar-refractivity contribution >= 4 is 39.1 Å². The number of halogens is 2. The smallest absolute Gasteiger partial charge is 0.247 e. The Labute approximate surface area is 190 Å². The molecular formula is C23H22F2N2O3S2. The molecule has 0 saturated carbocycles.